The molecule has 3 nitrogen and oxygen atoms in total. The third-order valence-electron chi connectivity index (χ3n) is 3.48. The minimum absolute atomic E-state index is 0.266. The highest BCUT2D eigenvalue weighted by atomic mass is 16.5. The maximum Gasteiger partial charge on any atom is 0.119 e. The van der Waals surface area contributed by atoms with E-state index >= 15 is 0 Å². The predicted octanol–water partition coefficient (Wildman–Crippen LogP) is 1.88. The minimum atomic E-state index is 0.266. The zero-order chi connectivity index (χ0) is 12.3. The number of piperidine rings is 1. The molecule has 3 heteroatoms. The van der Waals surface area contributed by atoms with E-state index in [9.17, 15) is 0 Å². The number of hydrogen-bond acceptors (Lipinski definition) is 3. The lowest BCUT2D eigenvalue weighted by Gasteiger charge is -2.34. The second-order valence-electron chi connectivity index (χ2n) is 4.80. The molecule has 0 spiro atoms. The predicted molar refractivity (Wildman–Crippen MR) is 70.4 cm³/mol. The van der Waals surface area contributed by atoms with Gasteiger partial charge in [-0.15, -0.1) is 0 Å². The Morgan fingerprint density at radius 3 is 2.71 bits per heavy atom. The van der Waals surface area contributed by atoms with Crippen molar-refractivity contribution in [1.29, 1.82) is 0 Å². The van der Waals surface area contributed by atoms with Crippen LogP contribution in [0.5, 0.6) is 5.75 Å². The van der Waals surface area contributed by atoms with Crippen molar-refractivity contribution in [3.63, 3.8) is 0 Å². The Labute approximate surface area is 103 Å². The van der Waals surface area contributed by atoms with Gasteiger partial charge in [-0.2, -0.15) is 0 Å². The van der Waals surface area contributed by atoms with E-state index in [4.69, 9.17) is 10.5 Å². The zero-order valence-corrected chi connectivity index (χ0v) is 10.6. The minimum Gasteiger partial charge on any atom is -0.494 e. The van der Waals surface area contributed by atoms with Gasteiger partial charge in [0.25, 0.3) is 0 Å². The van der Waals surface area contributed by atoms with Crippen LogP contribution in [0, 0.1) is 0 Å². The molecule has 3 unspecified atom stereocenters. The van der Waals surface area contributed by atoms with Crippen molar-refractivity contribution in [1.82, 2.24) is 5.32 Å². The monoisotopic (exact) mass is 234 g/mol. The Morgan fingerprint density at radius 1 is 1.35 bits per heavy atom. The lowest BCUT2D eigenvalue weighted by molar-refractivity contribution is 0.333. The second kappa shape index (κ2) is 5.52. The lowest BCUT2D eigenvalue weighted by atomic mass is 9.84. The molecule has 17 heavy (non-hydrogen) atoms. The first-order valence-corrected chi connectivity index (χ1v) is 6.42. The molecule has 1 saturated heterocycles. The van der Waals surface area contributed by atoms with Crippen molar-refractivity contribution >= 4 is 0 Å². The van der Waals surface area contributed by atoms with Gasteiger partial charge in [0.1, 0.15) is 5.75 Å². The molecule has 0 aliphatic carbocycles. The van der Waals surface area contributed by atoms with Gasteiger partial charge in [-0.1, -0.05) is 12.1 Å². The highest BCUT2D eigenvalue weighted by molar-refractivity contribution is 5.30. The summed E-state index contributed by atoms with van der Waals surface area (Å²) in [5, 5.41) is 3.46. The summed E-state index contributed by atoms with van der Waals surface area (Å²) in [6.45, 7) is 5.87. The number of nitrogens with two attached hydrogens (primary N) is 1. The molecule has 3 N–H and O–H groups in total. The van der Waals surface area contributed by atoms with Crippen molar-refractivity contribution in [2.24, 2.45) is 5.73 Å². The van der Waals surface area contributed by atoms with Gasteiger partial charge in [0.05, 0.1) is 6.61 Å². The van der Waals surface area contributed by atoms with E-state index in [1.165, 1.54) is 5.56 Å². The molecule has 0 radical (unpaired) electrons. The molecule has 0 aromatic heterocycles. The summed E-state index contributed by atoms with van der Waals surface area (Å²) in [6, 6.07) is 9.17. The normalized spacial score (nSPS) is 29.0. The molecule has 1 aliphatic rings. The molecule has 0 bridgehead atoms. The Hall–Kier alpha value is -1.06. The third kappa shape index (κ3) is 2.99. The van der Waals surface area contributed by atoms with Crippen molar-refractivity contribution in [2.75, 3.05) is 13.2 Å². The number of hydrogen-bond donors (Lipinski definition) is 2. The number of rotatable bonds is 3. The molecule has 0 amide bonds. The molecule has 1 fully saturated rings. The highest BCUT2D eigenvalue weighted by Gasteiger charge is 2.26. The molecule has 1 aromatic carbocycles. The molecule has 3 atom stereocenters. The Morgan fingerprint density at radius 2 is 2.06 bits per heavy atom. The topological polar surface area (TPSA) is 47.3 Å². The molecule has 94 valence electrons. The van der Waals surface area contributed by atoms with Crippen LogP contribution in [-0.2, 0) is 0 Å². The maximum atomic E-state index is 6.02. The van der Waals surface area contributed by atoms with E-state index in [1.807, 2.05) is 19.1 Å². The van der Waals surface area contributed by atoms with E-state index < -0.39 is 0 Å². The third-order valence-corrected chi connectivity index (χ3v) is 3.48. The van der Waals surface area contributed by atoms with E-state index in [-0.39, 0.29) is 6.04 Å². The van der Waals surface area contributed by atoms with Gasteiger partial charge in [-0.05, 0) is 38.0 Å². The highest BCUT2D eigenvalue weighted by Crippen LogP contribution is 2.28. The van der Waals surface area contributed by atoms with Crippen LogP contribution in [0.25, 0.3) is 0 Å². The summed E-state index contributed by atoms with van der Waals surface area (Å²) >= 11 is 0. The summed E-state index contributed by atoms with van der Waals surface area (Å²) in [5.74, 6) is 1.45. The summed E-state index contributed by atoms with van der Waals surface area (Å²) in [4.78, 5) is 0. The first-order valence-electron chi connectivity index (χ1n) is 6.42. The number of nitrogens with one attached hydrogen (secondary N) is 1. The quantitative estimate of drug-likeness (QED) is 0.839. The summed E-state index contributed by atoms with van der Waals surface area (Å²) in [5.41, 5.74) is 7.37. The number of benzene rings is 1. The first kappa shape index (κ1) is 12.4. The fourth-order valence-corrected chi connectivity index (χ4v) is 2.50. The van der Waals surface area contributed by atoms with E-state index in [0.717, 1.165) is 18.7 Å². The molecular formula is C14H22N2O. The van der Waals surface area contributed by atoms with E-state index in [1.54, 1.807) is 0 Å². The van der Waals surface area contributed by atoms with Gasteiger partial charge in [-0.25, -0.2) is 0 Å². The molecule has 1 heterocycles. The lowest BCUT2D eigenvalue weighted by Crippen LogP contribution is -2.48. The van der Waals surface area contributed by atoms with E-state index in [2.05, 4.69) is 24.4 Å². The van der Waals surface area contributed by atoms with Crippen molar-refractivity contribution in [2.45, 2.75) is 38.3 Å². The fourth-order valence-electron chi connectivity index (χ4n) is 2.50. The van der Waals surface area contributed by atoms with Gasteiger partial charge in [0.2, 0.25) is 0 Å². The standard InChI is InChI=1S/C14H22N2O/c1-3-17-13-6-4-11(5-7-13)14-8-12(15)9-16-10(14)2/h4-7,10,12,14,16H,3,8-9,15H2,1-2H3. The first-order chi connectivity index (χ1) is 8.20. The Bertz CT molecular complexity index is 350. The Kier molecular flexibility index (Phi) is 4.02. The zero-order valence-electron chi connectivity index (χ0n) is 10.6. The van der Waals surface area contributed by atoms with Crippen LogP contribution < -0.4 is 15.8 Å². The van der Waals surface area contributed by atoms with Gasteiger partial charge >= 0.3 is 0 Å². The van der Waals surface area contributed by atoms with Crippen molar-refractivity contribution in [3.8, 4) is 5.75 Å². The van der Waals surface area contributed by atoms with Crippen LogP contribution in [0.4, 0.5) is 0 Å². The largest absolute Gasteiger partial charge is 0.494 e. The average Bonchev–Trinajstić information content (AvgIpc) is 2.34. The van der Waals surface area contributed by atoms with Crippen LogP contribution in [-0.4, -0.2) is 25.2 Å². The molecule has 0 saturated carbocycles. The van der Waals surface area contributed by atoms with Gasteiger partial charge < -0.3 is 15.8 Å². The molecule has 1 aromatic rings. The molecule has 1 aliphatic heterocycles. The van der Waals surface area contributed by atoms with Crippen LogP contribution in [0.2, 0.25) is 0 Å². The smallest absolute Gasteiger partial charge is 0.119 e. The van der Waals surface area contributed by atoms with Crippen LogP contribution in [0.3, 0.4) is 0 Å². The average molecular weight is 234 g/mol. The second-order valence-corrected chi connectivity index (χ2v) is 4.80. The summed E-state index contributed by atoms with van der Waals surface area (Å²) in [6.07, 6.45) is 1.06. The van der Waals surface area contributed by atoms with E-state index in [0.29, 0.717) is 18.6 Å². The molecular weight excluding hydrogens is 212 g/mol. The van der Waals surface area contributed by atoms with Gasteiger partial charge in [-0.3, -0.25) is 0 Å². The summed E-state index contributed by atoms with van der Waals surface area (Å²) < 4.78 is 5.46. The van der Waals surface area contributed by atoms with Gasteiger partial charge in [0.15, 0.2) is 0 Å². The van der Waals surface area contributed by atoms with Crippen molar-refractivity contribution < 1.29 is 4.74 Å². The maximum absolute atomic E-state index is 6.02. The Balaban J connectivity index is 2.10. The van der Waals surface area contributed by atoms with Crippen molar-refractivity contribution in [3.05, 3.63) is 29.8 Å². The van der Waals surface area contributed by atoms with Crippen LogP contribution in [0.1, 0.15) is 31.7 Å². The fraction of sp³-hybridized carbons (Fsp3) is 0.571. The van der Waals surface area contributed by atoms with Crippen LogP contribution in [0.15, 0.2) is 24.3 Å². The molecule has 2 rings (SSSR count). The van der Waals surface area contributed by atoms with Gasteiger partial charge in [0, 0.05) is 24.5 Å². The van der Waals surface area contributed by atoms with Crippen LogP contribution >= 0.6 is 0 Å². The SMILES string of the molecule is CCOc1ccc(C2CC(N)CNC2C)cc1. The summed E-state index contributed by atoms with van der Waals surface area (Å²) in [7, 11) is 0. The number of ether oxygens (including phenoxy) is 1.